The van der Waals surface area contributed by atoms with Gasteiger partial charge in [0.15, 0.2) is 0 Å². The second kappa shape index (κ2) is 5.83. The third-order valence-electron chi connectivity index (χ3n) is 3.20. The maximum absolute atomic E-state index is 9.72. The molecule has 0 amide bonds. The number of aliphatic hydroxyl groups is 1. The minimum Gasteiger partial charge on any atom is -0.390 e. The first-order chi connectivity index (χ1) is 7.03. The lowest BCUT2D eigenvalue weighted by molar-refractivity contribution is 0.0492. The molecule has 3 nitrogen and oxygen atoms in total. The Morgan fingerprint density at radius 3 is 2.67 bits per heavy atom. The van der Waals surface area contributed by atoms with Crippen LogP contribution in [0.4, 0.5) is 0 Å². The molecule has 0 radical (unpaired) electrons. The van der Waals surface area contributed by atoms with Crippen LogP contribution < -0.4 is 5.32 Å². The Morgan fingerprint density at radius 2 is 2.20 bits per heavy atom. The van der Waals surface area contributed by atoms with E-state index in [9.17, 15) is 5.11 Å². The Bertz CT molecular complexity index is 171. The highest BCUT2D eigenvalue weighted by Crippen LogP contribution is 2.14. The van der Waals surface area contributed by atoms with Crippen molar-refractivity contribution in [1.82, 2.24) is 10.2 Å². The summed E-state index contributed by atoms with van der Waals surface area (Å²) in [7, 11) is 0. The molecule has 1 fully saturated rings. The van der Waals surface area contributed by atoms with Crippen molar-refractivity contribution < 1.29 is 5.11 Å². The molecule has 0 aromatic rings. The van der Waals surface area contributed by atoms with Gasteiger partial charge < -0.3 is 10.4 Å². The van der Waals surface area contributed by atoms with Gasteiger partial charge in [0.25, 0.3) is 0 Å². The predicted octanol–water partition coefficient (Wildman–Crippen LogP) is 1.22. The summed E-state index contributed by atoms with van der Waals surface area (Å²) in [4.78, 5) is 2.49. The topological polar surface area (TPSA) is 35.5 Å². The van der Waals surface area contributed by atoms with Crippen LogP contribution in [-0.4, -0.2) is 47.8 Å². The Hall–Kier alpha value is -0.120. The van der Waals surface area contributed by atoms with Gasteiger partial charge >= 0.3 is 0 Å². The highest BCUT2D eigenvalue weighted by atomic mass is 16.3. The number of nitrogens with one attached hydrogen (secondary N) is 1. The Morgan fingerprint density at radius 1 is 1.47 bits per heavy atom. The molecule has 0 bridgehead atoms. The molecule has 1 rings (SSSR count). The van der Waals surface area contributed by atoms with Crippen molar-refractivity contribution in [2.24, 2.45) is 0 Å². The van der Waals surface area contributed by atoms with Crippen molar-refractivity contribution in [1.29, 1.82) is 0 Å². The number of hydrogen-bond donors (Lipinski definition) is 2. The molecular weight excluding hydrogens is 188 g/mol. The zero-order chi connectivity index (χ0) is 11.3. The monoisotopic (exact) mass is 214 g/mol. The van der Waals surface area contributed by atoms with Crippen LogP contribution in [0.2, 0.25) is 0 Å². The molecule has 1 unspecified atom stereocenters. The van der Waals surface area contributed by atoms with E-state index in [0.29, 0.717) is 6.04 Å². The lowest BCUT2D eigenvalue weighted by Gasteiger charge is -2.35. The average molecular weight is 214 g/mol. The Kier molecular flexibility index (Phi) is 5.03. The van der Waals surface area contributed by atoms with E-state index in [-0.39, 0.29) is 0 Å². The highest BCUT2D eigenvalue weighted by molar-refractivity contribution is 4.79. The summed E-state index contributed by atoms with van der Waals surface area (Å²) in [5.41, 5.74) is -0.532. The van der Waals surface area contributed by atoms with Crippen LogP contribution in [0.15, 0.2) is 0 Å². The van der Waals surface area contributed by atoms with Crippen LogP contribution in [-0.2, 0) is 0 Å². The predicted molar refractivity (Wildman–Crippen MR) is 64.1 cm³/mol. The molecule has 0 aromatic carbocycles. The van der Waals surface area contributed by atoms with Gasteiger partial charge in [0.05, 0.1) is 5.60 Å². The second-order valence-electron chi connectivity index (χ2n) is 5.19. The molecular formula is C12H26N2O. The van der Waals surface area contributed by atoms with Gasteiger partial charge in [-0.25, -0.2) is 0 Å². The smallest absolute Gasteiger partial charge is 0.0603 e. The molecule has 3 heteroatoms. The van der Waals surface area contributed by atoms with Gasteiger partial charge in [-0.1, -0.05) is 6.92 Å². The molecule has 1 atom stereocenters. The lowest BCUT2D eigenvalue weighted by Crippen LogP contribution is -2.47. The van der Waals surface area contributed by atoms with Crippen LogP contribution in [0.5, 0.6) is 0 Å². The third-order valence-corrected chi connectivity index (χ3v) is 3.20. The Balaban J connectivity index is 2.34. The first-order valence-electron chi connectivity index (χ1n) is 6.20. The molecule has 1 aliphatic rings. The molecule has 0 saturated carbocycles. The standard InChI is InChI=1S/C12H26N2O/c1-4-14(9-7-12(2,3)15)11-6-5-8-13-10-11/h11,13,15H,4-10H2,1-3H3. The van der Waals surface area contributed by atoms with Gasteiger partial charge in [0, 0.05) is 19.1 Å². The van der Waals surface area contributed by atoms with E-state index < -0.39 is 5.60 Å². The molecule has 1 heterocycles. The number of nitrogens with zero attached hydrogens (tertiary/aromatic N) is 1. The van der Waals surface area contributed by atoms with Gasteiger partial charge in [-0.3, -0.25) is 4.90 Å². The first-order valence-corrected chi connectivity index (χ1v) is 6.20. The van der Waals surface area contributed by atoms with Crippen LogP contribution in [0, 0.1) is 0 Å². The largest absolute Gasteiger partial charge is 0.390 e. The third kappa shape index (κ3) is 4.96. The van der Waals surface area contributed by atoms with Crippen molar-refractivity contribution in [2.45, 2.75) is 51.7 Å². The van der Waals surface area contributed by atoms with E-state index >= 15 is 0 Å². The zero-order valence-electron chi connectivity index (χ0n) is 10.4. The lowest BCUT2D eigenvalue weighted by atomic mass is 10.0. The molecule has 0 spiro atoms. The number of likely N-dealkylation sites (N-methyl/N-ethyl adjacent to an activating group) is 1. The Labute approximate surface area is 93.9 Å². The minimum absolute atomic E-state index is 0.532. The fourth-order valence-electron chi connectivity index (χ4n) is 2.16. The van der Waals surface area contributed by atoms with Crippen LogP contribution >= 0.6 is 0 Å². The quantitative estimate of drug-likeness (QED) is 0.722. The van der Waals surface area contributed by atoms with Crippen molar-refractivity contribution in [3.63, 3.8) is 0 Å². The van der Waals surface area contributed by atoms with E-state index in [2.05, 4.69) is 17.1 Å². The van der Waals surface area contributed by atoms with Crippen molar-refractivity contribution in [2.75, 3.05) is 26.2 Å². The summed E-state index contributed by atoms with van der Waals surface area (Å²) in [6, 6.07) is 0.672. The maximum atomic E-state index is 9.72. The molecule has 90 valence electrons. The summed E-state index contributed by atoms with van der Waals surface area (Å²) >= 11 is 0. The van der Waals surface area contributed by atoms with E-state index in [1.807, 2.05) is 13.8 Å². The molecule has 15 heavy (non-hydrogen) atoms. The van der Waals surface area contributed by atoms with Gasteiger partial charge in [-0.15, -0.1) is 0 Å². The van der Waals surface area contributed by atoms with Crippen LogP contribution in [0.25, 0.3) is 0 Å². The summed E-state index contributed by atoms with van der Waals surface area (Å²) in [5, 5.41) is 13.2. The van der Waals surface area contributed by atoms with Crippen LogP contribution in [0.1, 0.15) is 40.0 Å². The van der Waals surface area contributed by atoms with Crippen LogP contribution in [0.3, 0.4) is 0 Å². The fraction of sp³-hybridized carbons (Fsp3) is 1.00. The van der Waals surface area contributed by atoms with Crippen molar-refractivity contribution in [3.8, 4) is 0 Å². The van der Waals surface area contributed by atoms with Gasteiger partial charge in [-0.05, 0) is 46.2 Å². The number of hydrogen-bond acceptors (Lipinski definition) is 3. The molecule has 0 aromatic heterocycles. The maximum Gasteiger partial charge on any atom is 0.0603 e. The second-order valence-corrected chi connectivity index (χ2v) is 5.19. The summed E-state index contributed by atoms with van der Waals surface area (Å²) in [6.07, 6.45) is 3.44. The summed E-state index contributed by atoms with van der Waals surface area (Å²) in [6.45, 7) is 10.4. The van der Waals surface area contributed by atoms with E-state index in [1.54, 1.807) is 0 Å². The summed E-state index contributed by atoms with van der Waals surface area (Å²) in [5.74, 6) is 0. The number of rotatable bonds is 5. The van der Waals surface area contributed by atoms with Gasteiger partial charge in [0.1, 0.15) is 0 Å². The van der Waals surface area contributed by atoms with Gasteiger partial charge in [0.2, 0.25) is 0 Å². The van der Waals surface area contributed by atoms with E-state index in [0.717, 1.165) is 26.1 Å². The zero-order valence-corrected chi connectivity index (χ0v) is 10.4. The molecule has 1 saturated heterocycles. The number of piperidine rings is 1. The highest BCUT2D eigenvalue weighted by Gasteiger charge is 2.21. The summed E-state index contributed by atoms with van der Waals surface area (Å²) < 4.78 is 0. The average Bonchev–Trinajstić information content (AvgIpc) is 2.19. The fourth-order valence-corrected chi connectivity index (χ4v) is 2.16. The first kappa shape index (κ1) is 12.9. The SMILES string of the molecule is CCN(CCC(C)(C)O)C1CCCNC1. The van der Waals surface area contributed by atoms with E-state index in [4.69, 9.17) is 0 Å². The van der Waals surface area contributed by atoms with E-state index in [1.165, 1.54) is 19.4 Å². The van der Waals surface area contributed by atoms with Gasteiger partial charge in [-0.2, -0.15) is 0 Å². The molecule has 1 aliphatic heterocycles. The molecule has 2 N–H and O–H groups in total. The minimum atomic E-state index is -0.532. The normalized spacial score (nSPS) is 23.4. The molecule has 0 aliphatic carbocycles. The van der Waals surface area contributed by atoms with Crippen molar-refractivity contribution >= 4 is 0 Å². The van der Waals surface area contributed by atoms with Crippen molar-refractivity contribution in [3.05, 3.63) is 0 Å².